The van der Waals surface area contributed by atoms with E-state index in [1.165, 1.54) is 11.1 Å². The molecule has 2 fully saturated rings. The standard InChI is InChI=1S/C24H28N4O3/c29-19-25-11-13-27(14-12-25)23(30)24(31)28-17-15-26(16-18-28)22(20-7-3-1-4-8-20)21-9-5-2-6-10-21/h1-10,19,22H,11-18H2. The van der Waals surface area contributed by atoms with Gasteiger partial charge in [0, 0.05) is 52.4 Å². The smallest absolute Gasteiger partial charge is 0.312 e. The molecule has 3 amide bonds. The van der Waals surface area contributed by atoms with E-state index in [1.54, 1.807) is 14.7 Å². The topological polar surface area (TPSA) is 64.2 Å². The predicted octanol–water partition coefficient (Wildman–Crippen LogP) is 1.22. The molecule has 162 valence electrons. The van der Waals surface area contributed by atoms with Crippen molar-refractivity contribution in [3.8, 4) is 0 Å². The molecule has 7 heteroatoms. The molecule has 0 radical (unpaired) electrons. The second-order valence-electron chi connectivity index (χ2n) is 7.99. The summed E-state index contributed by atoms with van der Waals surface area (Å²) >= 11 is 0. The van der Waals surface area contributed by atoms with Crippen molar-refractivity contribution in [1.29, 1.82) is 0 Å². The lowest BCUT2D eigenvalue weighted by Crippen LogP contribution is -2.56. The molecule has 0 unspecified atom stereocenters. The molecule has 2 aromatic carbocycles. The van der Waals surface area contributed by atoms with Crippen LogP contribution in [0.15, 0.2) is 60.7 Å². The Labute approximate surface area is 182 Å². The van der Waals surface area contributed by atoms with Gasteiger partial charge in [-0.3, -0.25) is 19.3 Å². The number of amides is 3. The van der Waals surface area contributed by atoms with Gasteiger partial charge in [-0.15, -0.1) is 0 Å². The van der Waals surface area contributed by atoms with E-state index in [0.29, 0.717) is 52.4 Å². The summed E-state index contributed by atoms with van der Waals surface area (Å²) in [5.74, 6) is -0.892. The normalized spacial score (nSPS) is 17.6. The molecule has 0 N–H and O–H groups in total. The molecule has 0 aromatic heterocycles. The SMILES string of the molecule is O=CN1CCN(C(=O)C(=O)N2CCN(C(c3ccccc3)c3ccccc3)CC2)CC1. The maximum absolute atomic E-state index is 12.8. The van der Waals surface area contributed by atoms with Crippen molar-refractivity contribution in [2.75, 3.05) is 52.4 Å². The molecule has 2 heterocycles. The number of benzene rings is 2. The maximum atomic E-state index is 12.8. The highest BCUT2D eigenvalue weighted by molar-refractivity contribution is 6.34. The van der Waals surface area contributed by atoms with E-state index in [9.17, 15) is 14.4 Å². The van der Waals surface area contributed by atoms with Crippen molar-refractivity contribution in [2.24, 2.45) is 0 Å². The van der Waals surface area contributed by atoms with E-state index in [2.05, 4.69) is 29.2 Å². The number of carbonyl (C=O) groups excluding carboxylic acids is 3. The second kappa shape index (κ2) is 9.75. The first kappa shape index (κ1) is 21.1. The van der Waals surface area contributed by atoms with Crippen LogP contribution < -0.4 is 0 Å². The zero-order chi connectivity index (χ0) is 21.6. The Bertz CT molecular complexity index is 850. The van der Waals surface area contributed by atoms with Crippen LogP contribution in [-0.4, -0.2) is 90.2 Å². The first-order chi connectivity index (χ1) is 15.2. The minimum absolute atomic E-state index is 0.117. The third kappa shape index (κ3) is 4.77. The molecule has 2 aromatic rings. The fourth-order valence-electron chi connectivity index (χ4n) is 4.37. The third-order valence-corrected chi connectivity index (χ3v) is 6.13. The van der Waals surface area contributed by atoms with E-state index in [4.69, 9.17) is 0 Å². The van der Waals surface area contributed by atoms with Gasteiger partial charge in [0.2, 0.25) is 6.41 Å². The first-order valence-corrected chi connectivity index (χ1v) is 10.8. The van der Waals surface area contributed by atoms with Gasteiger partial charge >= 0.3 is 11.8 Å². The lowest BCUT2D eigenvalue weighted by molar-refractivity contribution is -0.154. The Hall–Kier alpha value is -3.19. The molecule has 0 spiro atoms. The van der Waals surface area contributed by atoms with Crippen LogP contribution in [0.4, 0.5) is 0 Å². The van der Waals surface area contributed by atoms with Crippen molar-refractivity contribution >= 4 is 18.2 Å². The number of piperazine rings is 2. The van der Waals surface area contributed by atoms with Crippen LogP contribution in [0.5, 0.6) is 0 Å². The Morgan fingerprint density at radius 1 is 0.645 bits per heavy atom. The average molecular weight is 421 g/mol. The molecule has 2 aliphatic heterocycles. The van der Waals surface area contributed by atoms with Gasteiger partial charge in [0.15, 0.2) is 0 Å². The Kier molecular flexibility index (Phi) is 6.62. The van der Waals surface area contributed by atoms with Crippen molar-refractivity contribution in [2.45, 2.75) is 6.04 Å². The first-order valence-electron chi connectivity index (χ1n) is 10.8. The van der Waals surface area contributed by atoms with E-state index in [-0.39, 0.29) is 6.04 Å². The molecular weight excluding hydrogens is 392 g/mol. The van der Waals surface area contributed by atoms with Gasteiger partial charge in [-0.1, -0.05) is 60.7 Å². The van der Waals surface area contributed by atoms with Crippen LogP contribution in [-0.2, 0) is 14.4 Å². The minimum Gasteiger partial charge on any atom is -0.342 e. The number of rotatable bonds is 4. The maximum Gasteiger partial charge on any atom is 0.312 e. The van der Waals surface area contributed by atoms with Crippen molar-refractivity contribution in [1.82, 2.24) is 19.6 Å². The van der Waals surface area contributed by atoms with Crippen LogP contribution in [0.25, 0.3) is 0 Å². The van der Waals surface area contributed by atoms with Gasteiger partial charge in [-0.2, -0.15) is 0 Å². The summed E-state index contributed by atoms with van der Waals surface area (Å²) in [5, 5.41) is 0. The summed E-state index contributed by atoms with van der Waals surface area (Å²) in [4.78, 5) is 43.5. The lowest BCUT2D eigenvalue weighted by atomic mass is 9.96. The van der Waals surface area contributed by atoms with Crippen molar-refractivity contribution < 1.29 is 14.4 Å². The number of hydrogen-bond acceptors (Lipinski definition) is 4. The molecule has 4 rings (SSSR count). The van der Waals surface area contributed by atoms with Crippen LogP contribution in [0, 0.1) is 0 Å². The van der Waals surface area contributed by atoms with E-state index in [1.807, 2.05) is 36.4 Å². The van der Waals surface area contributed by atoms with Gasteiger partial charge in [0.25, 0.3) is 0 Å². The highest BCUT2D eigenvalue weighted by atomic mass is 16.2. The van der Waals surface area contributed by atoms with Crippen LogP contribution in [0.3, 0.4) is 0 Å². The molecule has 0 bridgehead atoms. The quantitative estimate of drug-likeness (QED) is 0.551. The fourth-order valence-corrected chi connectivity index (χ4v) is 4.37. The van der Waals surface area contributed by atoms with E-state index >= 15 is 0 Å². The molecule has 2 saturated heterocycles. The molecule has 31 heavy (non-hydrogen) atoms. The molecule has 0 aliphatic carbocycles. The van der Waals surface area contributed by atoms with Gasteiger partial charge in [-0.05, 0) is 11.1 Å². The van der Waals surface area contributed by atoms with Gasteiger partial charge in [0.1, 0.15) is 0 Å². The summed E-state index contributed by atoms with van der Waals surface area (Å²) in [5.41, 5.74) is 2.44. The van der Waals surface area contributed by atoms with E-state index in [0.717, 1.165) is 6.41 Å². The van der Waals surface area contributed by atoms with Crippen LogP contribution in [0.2, 0.25) is 0 Å². The molecule has 0 atom stereocenters. The zero-order valence-corrected chi connectivity index (χ0v) is 17.6. The summed E-state index contributed by atoms with van der Waals surface area (Å²) in [6.07, 6.45) is 0.790. The molecule has 7 nitrogen and oxygen atoms in total. The van der Waals surface area contributed by atoms with Crippen LogP contribution >= 0.6 is 0 Å². The lowest BCUT2D eigenvalue weighted by Gasteiger charge is -2.40. The zero-order valence-electron chi connectivity index (χ0n) is 17.6. The van der Waals surface area contributed by atoms with Gasteiger partial charge in [0.05, 0.1) is 6.04 Å². The van der Waals surface area contributed by atoms with Crippen LogP contribution in [0.1, 0.15) is 17.2 Å². The Morgan fingerprint density at radius 3 is 1.48 bits per heavy atom. The Morgan fingerprint density at radius 2 is 1.06 bits per heavy atom. The summed E-state index contributed by atoms with van der Waals surface area (Å²) in [6.45, 7) is 4.22. The van der Waals surface area contributed by atoms with Crippen molar-refractivity contribution in [3.05, 3.63) is 71.8 Å². The van der Waals surface area contributed by atoms with Gasteiger partial charge < -0.3 is 14.7 Å². The molecule has 0 saturated carbocycles. The number of carbonyl (C=O) groups is 3. The predicted molar refractivity (Wildman–Crippen MR) is 117 cm³/mol. The second-order valence-corrected chi connectivity index (χ2v) is 7.99. The third-order valence-electron chi connectivity index (χ3n) is 6.13. The summed E-state index contributed by atoms with van der Waals surface area (Å²) in [7, 11) is 0. The highest BCUT2D eigenvalue weighted by Crippen LogP contribution is 2.29. The fraction of sp³-hybridized carbons (Fsp3) is 0.375. The Balaban J connectivity index is 1.40. The number of hydrogen-bond donors (Lipinski definition) is 0. The van der Waals surface area contributed by atoms with Crippen molar-refractivity contribution in [3.63, 3.8) is 0 Å². The van der Waals surface area contributed by atoms with E-state index < -0.39 is 11.8 Å². The molecular formula is C24H28N4O3. The average Bonchev–Trinajstić information content (AvgIpc) is 2.85. The number of nitrogens with zero attached hydrogens (tertiary/aromatic N) is 4. The monoisotopic (exact) mass is 420 g/mol. The highest BCUT2D eigenvalue weighted by Gasteiger charge is 2.33. The van der Waals surface area contributed by atoms with Gasteiger partial charge in [-0.25, -0.2) is 0 Å². The minimum atomic E-state index is -0.457. The summed E-state index contributed by atoms with van der Waals surface area (Å²) in [6, 6.07) is 20.9. The summed E-state index contributed by atoms with van der Waals surface area (Å²) < 4.78 is 0. The molecule has 2 aliphatic rings. The largest absolute Gasteiger partial charge is 0.342 e.